The van der Waals surface area contributed by atoms with Crippen molar-refractivity contribution in [3.05, 3.63) is 18.0 Å². The molecule has 0 aliphatic rings. The van der Waals surface area contributed by atoms with E-state index in [1.54, 1.807) is 0 Å². The number of nitrogens with zero attached hydrogens (tertiary/aromatic N) is 1. The summed E-state index contributed by atoms with van der Waals surface area (Å²) in [6, 6.07) is 1.39. The van der Waals surface area contributed by atoms with E-state index in [2.05, 4.69) is 4.98 Å². The molecule has 82 valence electrons. The van der Waals surface area contributed by atoms with E-state index >= 15 is 0 Å². The number of amides is 1. The fourth-order valence-corrected chi connectivity index (χ4v) is 1.03. The molecule has 0 radical (unpaired) electrons. The van der Waals surface area contributed by atoms with Crippen molar-refractivity contribution in [1.82, 2.24) is 10.5 Å². The largest absolute Gasteiger partial charge is 0.493 e. The molecule has 1 aromatic heterocycles. The Hall–Kier alpha value is -1.82. The number of hydroxylamine groups is 1. The highest BCUT2D eigenvalue weighted by molar-refractivity contribution is 5.91. The molecule has 0 unspecified atom stereocenters. The Morgan fingerprint density at radius 3 is 2.87 bits per heavy atom. The van der Waals surface area contributed by atoms with Gasteiger partial charge in [0.1, 0.15) is 5.69 Å². The summed E-state index contributed by atoms with van der Waals surface area (Å²) < 4.78 is 10.2. The van der Waals surface area contributed by atoms with Crippen LogP contribution in [0.4, 0.5) is 0 Å². The van der Waals surface area contributed by atoms with Gasteiger partial charge in [-0.1, -0.05) is 0 Å². The van der Waals surface area contributed by atoms with Crippen LogP contribution in [-0.2, 0) is 0 Å². The number of carbonyl (C=O) groups excluding carboxylic acids is 1. The summed E-state index contributed by atoms with van der Waals surface area (Å²) in [5.41, 5.74) is 1.54. The van der Waals surface area contributed by atoms with Crippen LogP contribution in [0.25, 0.3) is 0 Å². The number of carbonyl (C=O) groups is 1. The normalized spacial score (nSPS) is 9.53. The Morgan fingerprint density at radius 1 is 1.60 bits per heavy atom. The number of aromatic nitrogens is 1. The van der Waals surface area contributed by atoms with Crippen molar-refractivity contribution in [1.29, 1.82) is 0 Å². The minimum atomic E-state index is -0.698. The van der Waals surface area contributed by atoms with Crippen LogP contribution >= 0.6 is 0 Å². The molecule has 6 heteroatoms. The lowest BCUT2D eigenvalue weighted by Crippen LogP contribution is -2.20. The molecular weight excluding hydrogens is 200 g/mol. The average molecular weight is 212 g/mol. The molecular formula is C9H12N2O4. The number of hydrogen-bond donors (Lipinski definition) is 2. The van der Waals surface area contributed by atoms with Gasteiger partial charge >= 0.3 is 0 Å². The molecule has 0 bridgehead atoms. The summed E-state index contributed by atoms with van der Waals surface area (Å²) in [6.45, 7) is 2.30. The van der Waals surface area contributed by atoms with E-state index in [0.29, 0.717) is 18.1 Å². The molecule has 2 N–H and O–H groups in total. The zero-order chi connectivity index (χ0) is 11.3. The van der Waals surface area contributed by atoms with E-state index in [9.17, 15) is 4.79 Å². The monoisotopic (exact) mass is 212 g/mol. The Kier molecular flexibility index (Phi) is 3.87. The highest BCUT2D eigenvalue weighted by Crippen LogP contribution is 2.26. The average Bonchev–Trinajstić information content (AvgIpc) is 2.29. The first-order valence-electron chi connectivity index (χ1n) is 4.34. The van der Waals surface area contributed by atoms with Crippen LogP contribution in [0, 0.1) is 0 Å². The van der Waals surface area contributed by atoms with Gasteiger partial charge in [-0.25, -0.2) is 10.5 Å². The van der Waals surface area contributed by atoms with Gasteiger partial charge in [0.05, 0.1) is 19.9 Å². The zero-order valence-electron chi connectivity index (χ0n) is 8.48. The number of hydrogen-bond acceptors (Lipinski definition) is 5. The first kappa shape index (κ1) is 11.3. The molecule has 1 rings (SSSR count). The lowest BCUT2D eigenvalue weighted by atomic mass is 10.3. The van der Waals surface area contributed by atoms with Gasteiger partial charge in [-0.2, -0.15) is 0 Å². The second-order valence-corrected chi connectivity index (χ2v) is 2.59. The quantitative estimate of drug-likeness (QED) is 0.564. The van der Waals surface area contributed by atoms with Crippen molar-refractivity contribution >= 4 is 5.91 Å². The summed E-state index contributed by atoms with van der Waals surface area (Å²) in [4.78, 5) is 14.8. The minimum absolute atomic E-state index is 0.0535. The Morgan fingerprint density at radius 2 is 2.33 bits per heavy atom. The SMILES string of the molecule is CCOc1cnc(C(=O)NO)cc1OC. The van der Waals surface area contributed by atoms with E-state index in [0.717, 1.165) is 0 Å². The summed E-state index contributed by atoms with van der Waals surface area (Å²) in [5, 5.41) is 8.41. The number of ether oxygens (including phenoxy) is 2. The topological polar surface area (TPSA) is 80.7 Å². The number of nitrogens with one attached hydrogen (secondary N) is 1. The third kappa shape index (κ3) is 2.57. The van der Waals surface area contributed by atoms with E-state index in [1.807, 2.05) is 6.92 Å². The molecule has 0 aliphatic carbocycles. The van der Waals surface area contributed by atoms with Crippen molar-refractivity contribution in [3.63, 3.8) is 0 Å². The molecule has 1 aromatic rings. The molecule has 15 heavy (non-hydrogen) atoms. The van der Waals surface area contributed by atoms with Crippen LogP contribution in [0.3, 0.4) is 0 Å². The van der Waals surface area contributed by atoms with Crippen molar-refractivity contribution in [2.75, 3.05) is 13.7 Å². The third-order valence-corrected chi connectivity index (χ3v) is 1.69. The second kappa shape index (κ2) is 5.16. The van der Waals surface area contributed by atoms with Crippen molar-refractivity contribution < 1.29 is 19.5 Å². The molecule has 0 aromatic carbocycles. The molecule has 1 amide bonds. The Bertz CT molecular complexity index is 354. The lowest BCUT2D eigenvalue weighted by Gasteiger charge is -2.09. The molecule has 0 saturated carbocycles. The number of pyridine rings is 1. The molecule has 0 saturated heterocycles. The maximum absolute atomic E-state index is 11.0. The Balaban J connectivity index is 3.01. The van der Waals surface area contributed by atoms with Crippen molar-refractivity contribution in [2.24, 2.45) is 0 Å². The molecule has 6 nitrogen and oxygen atoms in total. The van der Waals surface area contributed by atoms with Crippen LogP contribution < -0.4 is 15.0 Å². The molecule has 1 heterocycles. The van der Waals surface area contributed by atoms with Crippen LogP contribution in [0.15, 0.2) is 12.3 Å². The summed E-state index contributed by atoms with van der Waals surface area (Å²) in [6.07, 6.45) is 1.37. The van der Waals surface area contributed by atoms with Crippen molar-refractivity contribution in [3.8, 4) is 11.5 Å². The minimum Gasteiger partial charge on any atom is -0.493 e. The van der Waals surface area contributed by atoms with Gasteiger partial charge in [0.25, 0.3) is 5.91 Å². The maximum atomic E-state index is 11.0. The van der Waals surface area contributed by atoms with Gasteiger partial charge in [-0.15, -0.1) is 0 Å². The predicted molar refractivity (Wildman–Crippen MR) is 51.2 cm³/mol. The lowest BCUT2D eigenvalue weighted by molar-refractivity contribution is 0.0700. The van der Waals surface area contributed by atoms with Gasteiger partial charge in [-0.3, -0.25) is 10.0 Å². The maximum Gasteiger partial charge on any atom is 0.293 e. The molecule has 0 spiro atoms. The highest BCUT2D eigenvalue weighted by atomic mass is 16.5. The van der Waals surface area contributed by atoms with Crippen LogP contribution in [0.2, 0.25) is 0 Å². The van der Waals surface area contributed by atoms with Gasteiger partial charge < -0.3 is 9.47 Å². The highest BCUT2D eigenvalue weighted by Gasteiger charge is 2.11. The van der Waals surface area contributed by atoms with Gasteiger partial charge in [0.2, 0.25) is 0 Å². The first-order valence-corrected chi connectivity index (χ1v) is 4.34. The van der Waals surface area contributed by atoms with Crippen LogP contribution in [0.1, 0.15) is 17.4 Å². The summed E-state index contributed by atoms with van der Waals surface area (Å²) in [7, 11) is 1.46. The third-order valence-electron chi connectivity index (χ3n) is 1.69. The summed E-state index contributed by atoms with van der Waals surface area (Å²) >= 11 is 0. The van der Waals surface area contributed by atoms with Crippen molar-refractivity contribution in [2.45, 2.75) is 6.92 Å². The molecule has 0 aliphatic heterocycles. The predicted octanol–water partition coefficient (Wildman–Crippen LogP) is 0.608. The molecule has 0 fully saturated rings. The smallest absolute Gasteiger partial charge is 0.293 e. The summed E-state index contributed by atoms with van der Waals surface area (Å²) in [5.74, 6) is 0.149. The fourth-order valence-electron chi connectivity index (χ4n) is 1.03. The van der Waals surface area contributed by atoms with Gasteiger partial charge in [0, 0.05) is 6.07 Å². The molecule has 0 atom stereocenters. The van der Waals surface area contributed by atoms with Gasteiger partial charge in [0.15, 0.2) is 11.5 Å². The van der Waals surface area contributed by atoms with Gasteiger partial charge in [-0.05, 0) is 6.92 Å². The van der Waals surface area contributed by atoms with E-state index in [4.69, 9.17) is 14.7 Å². The second-order valence-electron chi connectivity index (χ2n) is 2.59. The number of rotatable bonds is 4. The van der Waals surface area contributed by atoms with E-state index < -0.39 is 5.91 Å². The fraction of sp³-hybridized carbons (Fsp3) is 0.333. The van der Waals surface area contributed by atoms with E-state index in [-0.39, 0.29) is 5.69 Å². The zero-order valence-corrected chi connectivity index (χ0v) is 8.48. The standard InChI is InChI=1S/C9H12N2O4/c1-3-15-8-5-10-6(9(12)11-13)4-7(8)14-2/h4-5,13H,3H2,1-2H3,(H,11,12). The van der Waals surface area contributed by atoms with Crippen LogP contribution in [0.5, 0.6) is 11.5 Å². The first-order chi connectivity index (χ1) is 7.22. The number of methoxy groups -OCH3 is 1. The Labute approximate surface area is 86.8 Å². The van der Waals surface area contributed by atoms with E-state index in [1.165, 1.54) is 24.9 Å². The van der Waals surface area contributed by atoms with Crippen LogP contribution in [-0.4, -0.2) is 29.8 Å².